The second-order valence-corrected chi connectivity index (χ2v) is 4.68. The van der Waals surface area contributed by atoms with Crippen LogP contribution in [0.2, 0.25) is 0 Å². The van der Waals surface area contributed by atoms with Gasteiger partial charge in [-0.05, 0) is 18.9 Å². The Hall–Kier alpha value is -1.81. The third-order valence-electron chi connectivity index (χ3n) is 3.18. The summed E-state index contributed by atoms with van der Waals surface area (Å²) in [5.41, 5.74) is 0.957. The van der Waals surface area contributed by atoms with E-state index in [9.17, 15) is 9.90 Å². The molecule has 1 saturated heterocycles. The van der Waals surface area contributed by atoms with E-state index in [0.717, 1.165) is 5.56 Å². The van der Waals surface area contributed by atoms with Crippen molar-refractivity contribution < 1.29 is 14.6 Å². The maximum absolute atomic E-state index is 12.0. The van der Waals surface area contributed by atoms with E-state index in [4.69, 9.17) is 4.74 Å². The predicted molar refractivity (Wildman–Crippen MR) is 72.6 cm³/mol. The van der Waals surface area contributed by atoms with Gasteiger partial charge in [-0.15, -0.1) is 0 Å². The number of carbonyl (C=O) groups is 1. The molecule has 1 aliphatic heterocycles. The van der Waals surface area contributed by atoms with Crippen molar-refractivity contribution in [2.45, 2.75) is 32.1 Å². The number of β-amino-alcohol motifs (C(OH)–C–C–N with tert-alkyl or cyclic N) is 1. The van der Waals surface area contributed by atoms with Crippen LogP contribution in [0.5, 0.6) is 0 Å². The Labute approximate surface area is 113 Å². The van der Waals surface area contributed by atoms with Crippen LogP contribution >= 0.6 is 0 Å². The maximum atomic E-state index is 12.0. The molecule has 2 rings (SSSR count). The highest BCUT2D eigenvalue weighted by Crippen LogP contribution is 2.20. The van der Waals surface area contributed by atoms with Crippen LogP contribution in [0, 0.1) is 0 Å². The Kier molecular flexibility index (Phi) is 4.58. The Morgan fingerprint density at radius 3 is 2.89 bits per heavy atom. The van der Waals surface area contributed by atoms with Gasteiger partial charge in [-0.1, -0.05) is 42.5 Å². The van der Waals surface area contributed by atoms with Crippen molar-refractivity contribution in [3.8, 4) is 0 Å². The van der Waals surface area contributed by atoms with Crippen molar-refractivity contribution in [1.82, 2.24) is 4.90 Å². The summed E-state index contributed by atoms with van der Waals surface area (Å²) < 4.78 is 5.28. The highest BCUT2D eigenvalue weighted by molar-refractivity contribution is 5.69. The molecule has 102 valence electrons. The first-order valence-corrected chi connectivity index (χ1v) is 6.49. The molecule has 0 saturated carbocycles. The number of likely N-dealkylation sites (tertiary alicyclic amines) is 1. The van der Waals surface area contributed by atoms with Crippen molar-refractivity contribution in [1.29, 1.82) is 0 Å². The number of aliphatic hydroxyl groups excluding tert-OH is 1. The molecular formula is C15H19NO3. The molecule has 0 radical (unpaired) electrons. The molecule has 1 fully saturated rings. The third kappa shape index (κ3) is 3.58. The highest BCUT2D eigenvalue weighted by atomic mass is 16.6. The van der Waals surface area contributed by atoms with Crippen LogP contribution in [0.1, 0.15) is 18.9 Å². The van der Waals surface area contributed by atoms with E-state index < -0.39 is 6.10 Å². The first-order chi connectivity index (χ1) is 9.20. The second kappa shape index (κ2) is 6.38. The number of amides is 1. The molecule has 2 atom stereocenters. The van der Waals surface area contributed by atoms with Gasteiger partial charge in [0.05, 0.1) is 18.7 Å². The molecule has 0 spiro atoms. The summed E-state index contributed by atoms with van der Waals surface area (Å²) in [6.45, 7) is 2.50. The van der Waals surface area contributed by atoms with Gasteiger partial charge in [0.15, 0.2) is 0 Å². The molecule has 1 aromatic carbocycles. The van der Waals surface area contributed by atoms with Crippen LogP contribution in [0.15, 0.2) is 42.5 Å². The van der Waals surface area contributed by atoms with Crippen molar-refractivity contribution >= 4 is 6.09 Å². The minimum Gasteiger partial charge on any atom is -0.445 e. The third-order valence-corrected chi connectivity index (χ3v) is 3.18. The Balaban J connectivity index is 1.92. The number of carbonyl (C=O) groups excluding carboxylic acids is 1. The predicted octanol–water partition coefficient (Wildman–Crippen LogP) is 2.33. The number of ether oxygens (including phenoxy) is 1. The minimum absolute atomic E-state index is 0.0664. The fourth-order valence-electron chi connectivity index (χ4n) is 2.26. The molecule has 1 heterocycles. The van der Waals surface area contributed by atoms with Crippen molar-refractivity contribution in [3.63, 3.8) is 0 Å². The zero-order valence-corrected chi connectivity index (χ0v) is 11.0. The van der Waals surface area contributed by atoms with Gasteiger partial charge in [0, 0.05) is 0 Å². The number of nitrogens with zero attached hydrogens (tertiary/aromatic N) is 1. The summed E-state index contributed by atoms with van der Waals surface area (Å²) in [4.78, 5) is 13.6. The molecule has 0 unspecified atom stereocenters. The number of hydrogen-bond donors (Lipinski definition) is 1. The van der Waals surface area contributed by atoms with E-state index in [-0.39, 0.29) is 18.7 Å². The Bertz CT molecular complexity index is 444. The smallest absolute Gasteiger partial charge is 0.410 e. The summed E-state index contributed by atoms with van der Waals surface area (Å²) in [5, 5.41) is 9.65. The number of rotatable bonds is 3. The van der Waals surface area contributed by atoms with Gasteiger partial charge in [-0.3, -0.25) is 4.90 Å². The lowest BCUT2D eigenvalue weighted by molar-refractivity contribution is 0.0920. The fourth-order valence-corrected chi connectivity index (χ4v) is 2.26. The number of hydrogen-bond acceptors (Lipinski definition) is 3. The van der Waals surface area contributed by atoms with E-state index in [2.05, 4.69) is 0 Å². The quantitative estimate of drug-likeness (QED) is 0.850. The Morgan fingerprint density at radius 2 is 2.21 bits per heavy atom. The summed E-state index contributed by atoms with van der Waals surface area (Å²) in [7, 11) is 0. The summed E-state index contributed by atoms with van der Waals surface area (Å²) in [6.07, 6.45) is 3.54. The average molecular weight is 261 g/mol. The second-order valence-electron chi connectivity index (χ2n) is 4.68. The lowest BCUT2D eigenvalue weighted by Crippen LogP contribution is -2.35. The molecule has 0 bridgehead atoms. The van der Waals surface area contributed by atoms with Gasteiger partial charge in [0.1, 0.15) is 6.61 Å². The standard InChI is InChI=1S/C15H19NO3/c1-2-6-13-9-14(17)10-16(13)15(18)19-11-12-7-4-3-5-8-12/h2-8,13-14,17H,9-11H2,1H3/b6-2+/t13-,14-/m1/s1. The van der Waals surface area contributed by atoms with Crippen LogP contribution < -0.4 is 0 Å². The summed E-state index contributed by atoms with van der Waals surface area (Å²) >= 11 is 0. The van der Waals surface area contributed by atoms with Gasteiger partial charge in [0.2, 0.25) is 0 Å². The van der Waals surface area contributed by atoms with Crippen LogP contribution in [0.3, 0.4) is 0 Å². The highest BCUT2D eigenvalue weighted by Gasteiger charge is 2.33. The van der Waals surface area contributed by atoms with Crippen molar-refractivity contribution in [2.24, 2.45) is 0 Å². The number of allylic oxidation sites excluding steroid dienone is 1. The largest absolute Gasteiger partial charge is 0.445 e. The Morgan fingerprint density at radius 1 is 1.47 bits per heavy atom. The van der Waals surface area contributed by atoms with Crippen LogP contribution in [0.25, 0.3) is 0 Å². The van der Waals surface area contributed by atoms with E-state index >= 15 is 0 Å². The first kappa shape index (κ1) is 13.6. The number of benzene rings is 1. The van der Waals surface area contributed by atoms with Crippen LogP contribution in [-0.2, 0) is 11.3 Å². The van der Waals surface area contributed by atoms with Crippen molar-refractivity contribution in [3.05, 3.63) is 48.0 Å². The van der Waals surface area contributed by atoms with Gasteiger partial charge in [-0.2, -0.15) is 0 Å². The molecule has 1 aliphatic rings. The van der Waals surface area contributed by atoms with Crippen LogP contribution in [-0.4, -0.2) is 34.8 Å². The van der Waals surface area contributed by atoms with E-state index in [1.54, 1.807) is 4.90 Å². The molecule has 4 heteroatoms. The zero-order chi connectivity index (χ0) is 13.7. The van der Waals surface area contributed by atoms with Gasteiger partial charge >= 0.3 is 6.09 Å². The molecule has 1 aromatic rings. The fraction of sp³-hybridized carbons (Fsp3) is 0.400. The zero-order valence-electron chi connectivity index (χ0n) is 11.0. The summed E-state index contributed by atoms with van der Waals surface area (Å²) in [5.74, 6) is 0. The normalized spacial score (nSPS) is 22.9. The monoisotopic (exact) mass is 261 g/mol. The maximum Gasteiger partial charge on any atom is 0.410 e. The molecule has 0 aliphatic carbocycles. The minimum atomic E-state index is -0.467. The van der Waals surface area contributed by atoms with Crippen molar-refractivity contribution in [2.75, 3.05) is 6.54 Å². The van der Waals surface area contributed by atoms with E-state index in [1.807, 2.05) is 49.4 Å². The first-order valence-electron chi connectivity index (χ1n) is 6.49. The van der Waals surface area contributed by atoms with Crippen LogP contribution in [0.4, 0.5) is 4.79 Å². The lowest BCUT2D eigenvalue weighted by Gasteiger charge is -2.21. The molecular weight excluding hydrogens is 242 g/mol. The average Bonchev–Trinajstić information content (AvgIpc) is 2.79. The SMILES string of the molecule is C/C=C/[C@@H]1C[C@@H](O)CN1C(=O)OCc1ccccc1. The molecule has 1 amide bonds. The number of aliphatic hydroxyl groups is 1. The molecule has 1 N–H and O–H groups in total. The molecule has 0 aromatic heterocycles. The lowest BCUT2D eigenvalue weighted by atomic mass is 10.2. The summed E-state index contributed by atoms with van der Waals surface area (Å²) in [6, 6.07) is 9.50. The van der Waals surface area contributed by atoms with E-state index in [0.29, 0.717) is 13.0 Å². The molecule has 19 heavy (non-hydrogen) atoms. The van der Waals surface area contributed by atoms with Gasteiger partial charge in [-0.25, -0.2) is 4.79 Å². The topological polar surface area (TPSA) is 49.8 Å². The van der Waals surface area contributed by atoms with E-state index in [1.165, 1.54) is 0 Å². The van der Waals surface area contributed by atoms with Gasteiger partial charge < -0.3 is 9.84 Å². The van der Waals surface area contributed by atoms with Gasteiger partial charge in [0.25, 0.3) is 0 Å². The molecule has 4 nitrogen and oxygen atoms in total.